The number of carbonyl (C=O) groups excluding carboxylic acids is 2. The third-order valence-corrected chi connectivity index (χ3v) is 3.56. The van der Waals surface area contributed by atoms with Crippen LogP contribution in [-0.2, 0) is 4.79 Å². The molecule has 1 aromatic rings. The second kappa shape index (κ2) is 6.87. The zero-order chi connectivity index (χ0) is 13.7. The predicted octanol–water partition coefficient (Wildman–Crippen LogP) is 3.50. The summed E-state index contributed by atoms with van der Waals surface area (Å²) in [6.07, 6.45) is 0.434. The predicted molar refractivity (Wildman–Crippen MR) is 79.3 cm³/mol. The summed E-state index contributed by atoms with van der Waals surface area (Å²) in [5, 5.41) is 0. The molecule has 0 aliphatic rings. The maximum Gasteiger partial charge on any atom is 0.192 e. The Labute approximate surface area is 121 Å². The van der Waals surface area contributed by atoms with Crippen molar-refractivity contribution in [1.29, 1.82) is 0 Å². The van der Waals surface area contributed by atoms with Crippen molar-refractivity contribution in [2.75, 3.05) is 7.11 Å². The first-order valence-corrected chi connectivity index (χ1v) is 6.90. The van der Waals surface area contributed by atoms with E-state index in [1.807, 2.05) is 13.8 Å². The summed E-state index contributed by atoms with van der Waals surface area (Å²) < 4.78 is 5.14. The largest absolute Gasteiger partial charge is 0.497 e. The molecule has 3 nitrogen and oxygen atoms in total. The van der Waals surface area contributed by atoms with Crippen molar-refractivity contribution < 1.29 is 14.3 Å². The van der Waals surface area contributed by atoms with Crippen LogP contribution in [0.15, 0.2) is 24.3 Å². The highest BCUT2D eigenvalue weighted by Gasteiger charge is 2.22. The van der Waals surface area contributed by atoms with E-state index in [1.54, 1.807) is 54.0 Å². The van der Waals surface area contributed by atoms with Gasteiger partial charge in [-0.05, 0) is 52.8 Å². The van der Waals surface area contributed by atoms with Gasteiger partial charge in [-0.2, -0.15) is 0 Å². The lowest BCUT2D eigenvalue weighted by atomic mass is 9.87. The Morgan fingerprint density at radius 1 is 1.22 bits per heavy atom. The topological polar surface area (TPSA) is 43.4 Å². The Kier molecular flexibility index (Phi) is 5.78. The third-order valence-electron chi connectivity index (χ3n) is 3.12. The van der Waals surface area contributed by atoms with E-state index in [4.69, 9.17) is 4.74 Å². The molecule has 0 N–H and O–H groups in total. The molecule has 2 unspecified atom stereocenters. The van der Waals surface area contributed by atoms with Crippen molar-refractivity contribution in [1.82, 2.24) is 0 Å². The molecule has 2 atom stereocenters. The van der Waals surface area contributed by atoms with Crippen LogP contribution in [0.1, 0.15) is 30.6 Å². The van der Waals surface area contributed by atoms with Gasteiger partial charge in [-0.25, -0.2) is 0 Å². The molecule has 0 saturated carbocycles. The molecule has 0 aromatic heterocycles. The first kappa shape index (κ1) is 15.1. The van der Waals surface area contributed by atoms with Crippen molar-refractivity contribution >= 4 is 32.2 Å². The Bertz CT molecular complexity index is 425. The van der Waals surface area contributed by atoms with Crippen LogP contribution in [0.2, 0.25) is 0 Å². The summed E-state index contributed by atoms with van der Waals surface area (Å²) >= 11 is 1.77. The molecular formula is C14H17IO3. The van der Waals surface area contributed by atoms with Crippen molar-refractivity contribution in [2.24, 2.45) is 11.8 Å². The Hall–Kier alpha value is -0.910. The van der Waals surface area contributed by atoms with Gasteiger partial charge in [0.2, 0.25) is 0 Å². The van der Waals surface area contributed by atoms with E-state index in [0.717, 1.165) is 5.75 Å². The Morgan fingerprint density at radius 2 is 1.78 bits per heavy atom. The number of methoxy groups -OCH3 is 1. The molecule has 1 rings (SSSR count). The van der Waals surface area contributed by atoms with Gasteiger partial charge in [-0.15, -0.1) is 0 Å². The number of ketones is 1. The van der Waals surface area contributed by atoms with Gasteiger partial charge in [-0.3, -0.25) is 9.59 Å². The average molecular weight is 360 g/mol. The maximum absolute atomic E-state index is 12.2. The fourth-order valence-electron chi connectivity index (χ4n) is 1.71. The number of hydrogen-bond acceptors (Lipinski definition) is 3. The van der Waals surface area contributed by atoms with Gasteiger partial charge in [0, 0.05) is 17.9 Å². The van der Waals surface area contributed by atoms with Gasteiger partial charge in [0.1, 0.15) is 5.75 Å². The molecule has 4 heteroatoms. The van der Waals surface area contributed by atoms with Crippen molar-refractivity contribution in [3.63, 3.8) is 0 Å². The zero-order valence-electron chi connectivity index (χ0n) is 10.8. The SMILES string of the molecule is COc1ccc(C(=O)C(C)C(C)CC(=O)I)cc1. The minimum absolute atomic E-state index is 0.0593. The number of carbonyl (C=O) groups is 2. The van der Waals surface area contributed by atoms with Gasteiger partial charge >= 0.3 is 0 Å². The summed E-state index contributed by atoms with van der Waals surface area (Å²) in [5.74, 6) is 0.707. The van der Waals surface area contributed by atoms with Crippen LogP contribution in [0.5, 0.6) is 5.75 Å². The summed E-state index contributed by atoms with van der Waals surface area (Å²) in [6, 6.07) is 7.06. The Morgan fingerprint density at radius 3 is 2.22 bits per heavy atom. The van der Waals surface area contributed by atoms with Gasteiger partial charge < -0.3 is 4.74 Å². The lowest BCUT2D eigenvalue weighted by Gasteiger charge is -2.17. The number of benzene rings is 1. The Balaban J connectivity index is 2.76. The zero-order valence-corrected chi connectivity index (χ0v) is 12.9. The number of ether oxygens (including phenoxy) is 1. The molecule has 0 aliphatic heterocycles. The molecular weight excluding hydrogens is 343 g/mol. The number of halogens is 1. The van der Waals surface area contributed by atoms with E-state index in [1.165, 1.54) is 0 Å². The fraction of sp³-hybridized carbons (Fsp3) is 0.429. The van der Waals surface area contributed by atoms with Crippen molar-refractivity contribution in [2.45, 2.75) is 20.3 Å². The standard InChI is InChI=1S/C14H17IO3/c1-9(8-13(15)16)10(2)14(17)11-4-6-12(18-3)7-5-11/h4-7,9-10H,8H2,1-3H3. The first-order valence-electron chi connectivity index (χ1n) is 5.82. The summed E-state index contributed by atoms with van der Waals surface area (Å²) in [4.78, 5) is 23.3. The molecule has 0 saturated heterocycles. The highest BCUT2D eigenvalue weighted by Crippen LogP contribution is 2.22. The fourth-order valence-corrected chi connectivity index (χ4v) is 2.40. The molecule has 0 fully saturated rings. The van der Waals surface area contributed by atoms with E-state index < -0.39 is 0 Å². The molecule has 1 aromatic carbocycles. The van der Waals surface area contributed by atoms with Crippen LogP contribution in [0.4, 0.5) is 0 Å². The minimum Gasteiger partial charge on any atom is -0.497 e. The number of Topliss-reactive ketones (excluding diaryl/α,β-unsaturated/α-hetero) is 1. The molecule has 0 aliphatic carbocycles. The van der Waals surface area contributed by atoms with Crippen LogP contribution in [0.25, 0.3) is 0 Å². The molecule has 0 spiro atoms. The van der Waals surface area contributed by atoms with Crippen molar-refractivity contribution in [3.8, 4) is 5.75 Å². The van der Waals surface area contributed by atoms with E-state index in [2.05, 4.69) is 0 Å². The van der Waals surface area contributed by atoms with Gasteiger partial charge in [-0.1, -0.05) is 13.8 Å². The maximum atomic E-state index is 12.2. The summed E-state index contributed by atoms with van der Waals surface area (Å²) in [5.41, 5.74) is 0.663. The van der Waals surface area contributed by atoms with Gasteiger partial charge in [0.15, 0.2) is 9.57 Å². The smallest absolute Gasteiger partial charge is 0.192 e. The van der Waals surface area contributed by atoms with Gasteiger partial charge in [0.25, 0.3) is 0 Å². The summed E-state index contributed by atoms with van der Waals surface area (Å²) in [7, 11) is 1.59. The van der Waals surface area contributed by atoms with Crippen LogP contribution < -0.4 is 4.74 Å². The van der Waals surface area contributed by atoms with Crippen LogP contribution in [-0.4, -0.2) is 16.7 Å². The first-order chi connectivity index (χ1) is 8.45. The second-order valence-electron chi connectivity index (χ2n) is 4.42. The molecule has 0 heterocycles. The quantitative estimate of drug-likeness (QED) is 0.443. The number of rotatable bonds is 6. The molecule has 0 amide bonds. The van der Waals surface area contributed by atoms with Crippen LogP contribution >= 0.6 is 22.6 Å². The van der Waals surface area contributed by atoms with Crippen LogP contribution in [0.3, 0.4) is 0 Å². The van der Waals surface area contributed by atoms with Gasteiger partial charge in [0.05, 0.1) is 7.11 Å². The number of hydrogen-bond donors (Lipinski definition) is 0. The highest BCUT2D eigenvalue weighted by atomic mass is 127. The normalized spacial score (nSPS) is 13.8. The lowest BCUT2D eigenvalue weighted by molar-refractivity contribution is -0.110. The van der Waals surface area contributed by atoms with Crippen LogP contribution in [0, 0.1) is 11.8 Å². The van der Waals surface area contributed by atoms with E-state index in [0.29, 0.717) is 12.0 Å². The monoisotopic (exact) mass is 360 g/mol. The average Bonchev–Trinajstić information content (AvgIpc) is 2.36. The molecule has 0 radical (unpaired) electrons. The third kappa shape index (κ3) is 4.08. The lowest BCUT2D eigenvalue weighted by Crippen LogP contribution is -2.20. The molecule has 18 heavy (non-hydrogen) atoms. The highest BCUT2D eigenvalue weighted by molar-refractivity contribution is 14.1. The molecule has 0 bridgehead atoms. The van der Waals surface area contributed by atoms with E-state index in [-0.39, 0.29) is 21.4 Å². The van der Waals surface area contributed by atoms with E-state index >= 15 is 0 Å². The van der Waals surface area contributed by atoms with Crippen molar-refractivity contribution in [3.05, 3.63) is 29.8 Å². The summed E-state index contributed by atoms with van der Waals surface area (Å²) in [6.45, 7) is 3.81. The molecule has 98 valence electrons. The minimum atomic E-state index is -0.155. The second-order valence-corrected chi connectivity index (χ2v) is 5.62. The van der Waals surface area contributed by atoms with E-state index in [9.17, 15) is 9.59 Å².